The van der Waals surface area contributed by atoms with Crippen molar-refractivity contribution < 1.29 is 4.79 Å². The molecule has 0 aliphatic rings. The lowest BCUT2D eigenvalue weighted by Crippen LogP contribution is -1.84. The second-order valence-electron chi connectivity index (χ2n) is 3.86. The quantitative estimate of drug-likeness (QED) is 0.477. The van der Waals surface area contributed by atoms with E-state index in [1.165, 1.54) is 11.6 Å². The van der Waals surface area contributed by atoms with Gasteiger partial charge in [-0.05, 0) is 35.0 Å². The molecule has 0 fully saturated rings. The van der Waals surface area contributed by atoms with Crippen LogP contribution in [0.15, 0.2) is 65.7 Å². The molecule has 0 heterocycles. The maximum atomic E-state index is 11.1. The van der Waals surface area contributed by atoms with Crippen molar-refractivity contribution in [1.82, 2.24) is 0 Å². The van der Waals surface area contributed by atoms with Crippen LogP contribution in [-0.4, -0.2) is 11.1 Å². The van der Waals surface area contributed by atoms with Crippen LogP contribution in [0.5, 0.6) is 0 Å². The third-order valence-electron chi connectivity index (χ3n) is 2.59. The zero-order valence-electron chi connectivity index (χ0n) is 10.1. The molecule has 0 N–H and O–H groups in total. The molecular weight excluding hydrogens is 254 g/mol. The first-order valence-electron chi connectivity index (χ1n) is 5.75. The molecule has 0 aliphatic carbocycles. The van der Waals surface area contributed by atoms with E-state index in [1.54, 1.807) is 6.08 Å². The van der Waals surface area contributed by atoms with Crippen molar-refractivity contribution in [2.45, 2.75) is 0 Å². The zero-order chi connectivity index (χ0) is 13.5. The number of thiocarbonyl (C=S) groups is 1. The Hall–Kier alpha value is -2.35. The maximum absolute atomic E-state index is 11.1. The summed E-state index contributed by atoms with van der Waals surface area (Å²) >= 11 is 4.36. The summed E-state index contributed by atoms with van der Waals surface area (Å²) in [6, 6.07) is 18.1. The average molecular weight is 265 g/mol. The highest BCUT2D eigenvalue weighted by atomic mass is 32.1. The van der Waals surface area contributed by atoms with E-state index in [0.29, 0.717) is 0 Å². The van der Waals surface area contributed by atoms with Gasteiger partial charge in [-0.3, -0.25) is 4.79 Å². The molecule has 0 spiro atoms. The Morgan fingerprint density at radius 1 is 1.00 bits per heavy atom. The van der Waals surface area contributed by atoms with Gasteiger partial charge in [-0.25, -0.2) is 0 Å². The summed E-state index contributed by atoms with van der Waals surface area (Å²) in [7, 11) is 0. The first-order chi connectivity index (χ1) is 9.29. The van der Waals surface area contributed by atoms with Crippen molar-refractivity contribution in [2.75, 3.05) is 0 Å². The van der Waals surface area contributed by atoms with E-state index in [4.69, 9.17) is 0 Å². The highest BCUT2D eigenvalue weighted by Gasteiger charge is 1.96. The number of nitrogens with zero attached hydrogens (tertiary/aromatic N) is 1. The monoisotopic (exact) mass is 265 g/mol. The second kappa shape index (κ2) is 6.55. The van der Waals surface area contributed by atoms with Crippen molar-refractivity contribution in [2.24, 2.45) is 4.99 Å². The molecule has 2 aromatic rings. The Morgan fingerprint density at radius 3 is 2.26 bits per heavy atom. The van der Waals surface area contributed by atoms with E-state index in [-0.39, 0.29) is 0 Å². The summed E-state index contributed by atoms with van der Waals surface area (Å²) in [6.45, 7) is 0. The minimum Gasteiger partial charge on any atom is -0.267 e. The molecule has 0 saturated heterocycles. The molecule has 2 rings (SSSR count). The van der Waals surface area contributed by atoms with Crippen molar-refractivity contribution in [3.63, 3.8) is 0 Å². The highest BCUT2D eigenvalue weighted by Crippen LogP contribution is 2.19. The summed E-state index contributed by atoms with van der Waals surface area (Å²) in [5.41, 5.74) is 3.24. The van der Waals surface area contributed by atoms with Crippen molar-refractivity contribution in [3.05, 3.63) is 66.2 Å². The van der Waals surface area contributed by atoms with Crippen LogP contribution < -0.4 is 0 Å². The van der Waals surface area contributed by atoms with Gasteiger partial charge in [0, 0.05) is 6.08 Å². The van der Waals surface area contributed by atoms with E-state index in [9.17, 15) is 4.79 Å². The molecule has 0 atom stereocenters. The highest BCUT2D eigenvalue weighted by molar-refractivity contribution is 7.78. The Balaban J connectivity index is 2.15. The molecule has 19 heavy (non-hydrogen) atoms. The Morgan fingerprint density at radius 2 is 1.63 bits per heavy atom. The minimum atomic E-state index is -0.401. The predicted octanol–water partition coefficient (Wildman–Crippen LogP) is 4.00. The molecule has 92 valence electrons. The number of rotatable bonds is 3. The summed E-state index contributed by atoms with van der Waals surface area (Å²) in [4.78, 5) is 14.5. The molecule has 0 radical (unpaired) electrons. The van der Waals surface area contributed by atoms with Gasteiger partial charge in [0.15, 0.2) is 0 Å². The number of hydrogen-bond acceptors (Lipinski definition) is 2. The lowest BCUT2D eigenvalue weighted by atomic mass is 10.0. The summed E-state index contributed by atoms with van der Waals surface area (Å²) in [5.74, 6) is -0.401. The molecule has 0 aliphatic heterocycles. The van der Waals surface area contributed by atoms with Gasteiger partial charge in [0.25, 0.3) is 5.91 Å². The van der Waals surface area contributed by atoms with Crippen LogP contribution in [0, 0.1) is 0 Å². The van der Waals surface area contributed by atoms with Crippen LogP contribution in [0.1, 0.15) is 5.56 Å². The van der Waals surface area contributed by atoms with Gasteiger partial charge in [-0.15, -0.1) is 0 Å². The third kappa shape index (κ3) is 3.81. The number of hydrogen-bond donors (Lipinski definition) is 0. The van der Waals surface area contributed by atoms with Crippen LogP contribution in [0.2, 0.25) is 0 Å². The van der Waals surface area contributed by atoms with Crippen LogP contribution in [-0.2, 0) is 4.79 Å². The number of carbonyl (C=O) groups excluding carboxylic acids is 1. The molecule has 0 aromatic heterocycles. The summed E-state index contributed by atoms with van der Waals surface area (Å²) < 4.78 is 0. The second-order valence-corrected chi connectivity index (χ2v) is 4.05. The largest absolute Gasteiger partial charge is 0.278 e. The average Bonchev–Trinajstić information content (AvgIpc) is 2.47. The number of aliphatic imine (C=N–C) groups is 1. The van der Waals surface area contributed by atoms with Gasteiger partial charge in [0.1, 0.15) is 0 Å². The minimum absolute atomic E-state index is 0.401. The molecule has 0 unspecified atom stereocenters. The van der Waals surface area contributed by atoms with Crippen molar-refractivity contribution >= 4 is 29.4 Å². The molecule has 1 amide bonds. The van der Waals surface area contributed by atoms with Gasteiger partial charge in [-0.1, -0.05) is 54.6 Å². The van der Waals surface area contributed by atoms with Gasteiger partial charge < -0.3 is 0 Å². The van der Waals surface area contributed by atoms with Gasteiger partial charge in [-0.2, -0.15) is 4.99 Å². The van der Waals surface area contributed by atoms with E-state index in [1.807, 2.05) is 47.6 Å². The molecular formula is C16H11NOS. The Labute approximate surface area is 117 Å². The number of amides is 1. The summed E-state index contributed by atoms with van der Waals surface area (Å²) in [5, 5.41) is 2.04. The fraction of sp³-hybridized carbons (Fsp3) is 0. The first kappa shape index (κ1) is 13.1. The van der Waals surface area contributed by atoms with Gasteiger partial charge in [0.2, 0.25) is 0 Å². The van der Waals surface area contributed by atoms with Crippen molar-refractivity contribution in [1.29, 1.82) is 0 Å². The van der Waals surface area contributed by atoms with E-state index < -0.39 is 5.91 Å². The lowest BCUT2D eigenvalue weighted by Gasteiger charge is -2.01. The standard InChI is InChI=1S/C16H11NOS/c18-16(17-12-19)11-8-13-6-9-15(10-7-13)14-4-2-1-3-5-14/h1-11H. The first-order valence-corrected chi connectivity index (χ1v) is 6.16. The molecule has 0 bridgehead atoms. The SMILES string of the molecule is O=C(C=Cc1ccc(-c2ccccc2)cc1)N=C=S. The van der Waals surface area contributed by atoms with Crippen molar-refractivity contribution in [3.8, 4) is 11.1 Å². The number of carbonyl (C=O) groups is 1. The lowest BCUT2D eigenvalue weighted by molar-refractivity contribution is -0.113. The molecule has 0 saturated carbocycles. The molecule has 2 nitrogen and oxygen atoms in total. The van der Waals surface area contributed by atoms with E-state index in [0.717, 1.165) is 11.1 Å². The van der Waals surface area contributed by atoms with Crippen LogP contribution in [0.4, 0.5) is 0 Å². The topological polar surface area (TPSA) is 29.4 Å². The predicted molar refractivity (Wildman–Crippen MR) is 80.9 cm³/mol. The van der Waals surface area contributed by atoms with Crippen LogP contribution in [0.25, 0.3) is 17.2 Å². The smallest absolute Gasteiger partial charge is 0.267 e. The molecule has 3 heteroatoms. The normalized spacial score (nSPS) is 10.1. The van der Waals surface area contributed by atoms with Gasteiger partial charge in [0.05, 0.1) is 5.16 Å². The number of benzene rings is 2. The van der Waals surface area contributed by atoms with E-state index in [2.05, 4.69) is 29.3 Å². The fourth-order valence-electron chi connectivity index (χ4n) is 1.67. The Kier molecular flexibility index (Phi) is 4.51. The van der Waals surface area contributed by atoms with Gasteiger partial charge >= 0.3 is 0 Å². The van der Waals surface area contributed by atoms with Crippen LogP contribution in [0.3, 0.4) is 0 Å². The molecule has 2 aromatic carbocycles. The maximum Gasteiger partial charge on any atom is 0.278 e. The summed E-state index contributed by atoms with van der Waals surface area (Å²) in [6.07, 6.45) is 3.07. The third-order valence-corrected chi connectivity index (χ3v) is 2.68. The van der Waals surface area contributed by atoms with Crippen LogP contribution >= 0.6 is 12.2 Å². The number of isothiocyanates is 1. The van der Waals surface area contributed by atoms with E-state index >= 15 is 0 Å². The zero-order valence-corrected chi connectivity index (χ0v) is 10.9. The fourth-order valence-corrected chi connectivity index (χ4v) is 1.76. The Bertz CT molecular complexity index is 638.